The molecule has 2 aliphatic rings. The first kappa shape index (κ1) is 17.0. The van der Waals surface area contributed by atoms with Gasteiger partial charge in [0.1, 0.15) is 12.4 Å². The number of piperidine rings is 2. The minimum atomic E-state index is -0.358. The minimum Gasteiger partial charge on any atom is -0.368 e. The quantitative estimate of drug-likeness (QED) is 0.865. The number of primary amides is 1. The van der Waals surface area contributed by atoms with Crippen LogP contribution in [0.15, 0.2) is 12.4 Å². The van der Waals surface area contributed by atoms with Crippen LogP contribution in [-0.2, 0) is 16.1 Å². The Morgan fingerprint density at radius 3 is 2.67 bits per heavy atom. The van der Waals surface area contributed by atoms with Crippen LogP contribution in [0.2, 0.25) is 0 Å². The second-order valence-corrected chi connectivity index (χ2v) is 7.08. The van der Waals surface area contributed by atoms with E-state index in [0.717, 1.165) is 57.7 Å². The van der Waals surface area contributed by atoms with Crippen LogP contribution in [0.4, 0.5) is 0 Å². The first-order valence-corrected chi connectivity index (χ1v) is 8.81. The minimum absolute atomic E-state index is 0.150. The van der Waals surface area contributed by atoms with Crippen LogP contribution in [0.3, 0.4) is 0 Å². The van der Waals surface area contributed by atoms with Crippen LogP contribution in [0.25, 0.3) is 0 Å². The van der Waals surface area contributed by atoms with Crippen LogP contribution >= 0.6 is 0 Å². The third-order valence-corrected chi connectivity index (χ3v) is 5.22. The summed E-state index contributed by atoms with van der Waals surface area (Å²) in [6.07, 6.45) is 7.41. The van der Waals surface area contributed by atoms with Crippen molar-refractivity contribution in [2.24, 2.45) is 11.7 Å². The molecule has 2 saturated heterocycles. The lowest BCUT2D eigenvalue weighted by atomic mass is 9.92. The van der Waals surface area contributed by atoms with Crippen molar-refractivity contribution in [1.82, 2.24) is 19.4 Å². The lowest BCUT2D eigenvalue weighted by molar-refractivity contribution is -0.138. The lowest BCUT2D eigenvalue weighted by Gasteiger charge is -2.36. The molecule has 7 nitrogen and oxygen atoms in total. The first-order chi connectivity index (χ1) is 11.5. The topological polar surface area (TPSA) is 84.5 Å². The van der Waals surface area contributed by atoms with Crippen LogP contribution in [-0.4, -0.2) is 64.4 Å². The van der Waals surface area contributed by atoms with E-state index >= 15 is 0 Å². The van der Waals surface area contributed by atoms with Crippen molar-refractivity contribution >= 4 is 11.8 Å². The van der Waals surface area contributed by atoms with Gasteiger partial charge in [-0.2, -0.15) is 0 Å². The maximum absolute atomic E-state index is 12.7. The zero-order valence-corrected chi connectivity index (χ0v) is 14.4. The molecule has 0 aliphatic carbocycles. The Labute approximate surface area is 142 Å². The fourth-order valence-electron chi connectivity index (χ4n) is 3.97. The molecule has 0 saturated carbocycles. The normalized spacial score (nSPS) is 23.4. The molecule has 0 aromatic carbocycles. The summed E-state index contributed by atoms with van der Waals surface area (Å²) in [5, 5.41) is 0. The molecule has 0 radical (unpaired) electrons. The Morgan fingerprint density at radius 2 is 2.00 bits per heavy atom. The second kappa shape index (κ2) is 7.34. The molecule has 1 aromatic heterocycles. The highest BCUT2D eigenvalue weighted by Gasteiger charge is 2.31. The largest absolute Gasteiger partial charge is 0.368 e. The lowest BCUT2D eigenvalue weighted by Crippen LogP contribution is -2.46. The molecule has 1 atom stereocenters. The molecule has 2 N–H and O–H groups in total. The van der Waals surface area contributed by atoms with Crippen molar-refractivity contribution in [2.45, 2.75) is 38.1 Å². The van der Waals surface area contributed by atoms with Gasteiger partial charge in [-0.25, -0.2) is 4.98 Å². The van der Waals surface area contributed by atoms with E-state index in [9.17, 15) is 9.59 Å². The number of likely N-dealkylation sites (tertiary alicyclic amines) is 2. The molecule has 24 heavy (non-hydrogen) atoms. The Balaban J connectivity index is 1.57. The number of hydrogen-bond acceptors (Lipinski definition) is 4. The number of hydrogen-bond donors (Lipinski definition) is 1. The van der Waals surface area contributed by atoms with Gasteiger partial charge in [0.05, 0.1) is 5.92 Å². The van der Waals surface area contributed by atoms with Crippen LogP contribution < -0.4 is 5.73 Å². The van der Waals surface area contributed by atoms with Gasteiger partial charge < -0.3 is 20.1 Å². The van der Waals surface area contributed by atoms with E-state index in [1.807, 2.05) is 9.47 Å². The van der Waals surface area contributed by atoms with Gasteiger partial charge in [-0.05, 0) is 39.3 Å². The second-order valence-electron chi connectivity index (χ2n) is 7.08. The maximum atomic E-state index is 12.7. The monoisotopic (exact) mass is 333 g/mol. The number of rotatable bonds is 4. The van der Waals surface area contributed by atoms with E-state index in [4.69, 9.17) is 5.73 Å². The SMILES string of the molecule is CN1CCCC(C(=O)N2CCC(c3nccn3CC(N)=O)CC2)C1. The zero-order chi connectivity index (χ0) is 17.1. The zero-order valence-electron chi connectivity index (χ0n) is 14.4. The fourth-order valence-corrected chi connectivity index (χ4v) is 3.97. The number of nitrogens with zero attached hydrogens (tertiary/aromatic N) is 4. The van der Waals surface area contributed by atoms with Gasteiger partial charge in [0, 0.05) is 37.9 Å². The van der Waals surface area contributed by atoms with Crippen molar-refractivity contribution in [2.75, 3.05) is 33.2 Å². The van der Waals surface area contributed by atoms with E-state index < -0.39 is 0 Å². The highest BCUT2D eigenvalue weighted by molar-refractivity contribution is 5.79. The van der Waals surface area contributed by atoms with E-state index in [1.165, 1.54) is 0 Å². The van der Waals surface area contributed by atoms with Crippen LogP contribution in [0.1, 0.15) is 37.4 Å². The maximum Gasteiger partial charge on any atom is 0.237 e. The fraction of sp³-hybridized carbons (Fsp3) is 0.706. The predicted molar refractivity (Wildman–Crippen MR) is 90.2 cm³/mol. The Morgan fingerprint density at radius 1 is 1.25 bits per heavy atom. The summed E-state index contributed by atoms with van der Waals surface area (Å²) in [6.45, 7) is 3.68. The van der Waals surface area contributed by atoms with Crippen molar-refractivity contribution in [3.8, 4) is 0 Å². The van der Waals surface area contributed by atoms with Crippen LogP contribution in [0.5, 0.6) is 0 Å². The van der Waals surface area contributed by atoms with Gasteiger partial charge in [-0.1, -0.05) is 0 Å². The van der Waals surface area contributed by atoms with Crippen molar-refractivity contribution in [1.29, 1.82) is 0 Å². The predicted octanol–water partition coefficient (Wildman–Crippen LogP) is 0.416. The molecule has 2 fully saturated rings. The number of carbonyl (C=O) groups is 2. The van der Waals surface area contributed by atoms with E-state index in [0.29, 0.717) is 5.91 Å². The molecular formula is C17H27N5O2. The van der Waals surface area contributed by atoms with Gasteiger partial charge >= 0.3 is 0 Å². The number of aromatic nitrogens is 2. The molecule has 0 bridgehead atoms. The average Bonchev–Trinajstić information content (AvgIpc) is 3.01. The van der Waals surface area contributed by atoms with Gasteiger partial charge in [-0.3, -0.25) is 9.59 Å². The Kier molecular flexibility index (Phi) is 5.18. The molecule has 1 aromatic rings. The molecule has 2 amide bonds. The molecule has 3 rings (SSSR count). The van der Waals surface area contributed by atoms with Crippen molar-refractivity contribution in [3.63, 3.8) is 0 Å². The third kappa shape index (κ3) is 3.77. The highest BCUT2D eigenvalue weighted by Crippen LogP contribution is 2.28. The summed E-state index contributed by atoms with van der Waals surface area (Å²) < 4.78 is 1.83. The number of imidazole rings is 1. The summed E-state index contributed by atoms with van der Waals surface area (Å²) in [5.74, 6) is 1.30. The smallest absolute Gasteiger partial charge is 0.237 e. The summed E-state index contributed by atoms with van der Waals surface area (Å²) >= 11 is 0. The average molecular weight is 333 g/mol. The molecule has 2 aliphatic heterocycles. The highest BCUT2D eigenvalue weighted by atomic mass is 16.2. The summed E-state index contributed by atoms with van der Waals surface area (Å²) in [7, 11) is 2.09. The van der Waals surface area contributed by atoms with E-state index in [2.05, 4.69) is 16.9 Å². The van der Waals surface area contributed by atoms with Crippen LogP contribution in [0, 0.1) is 5.92 Å². The number of nitrogens with two attached hydrogens (primary N) is 1. The molecule has 7 heteroatoms. The standard InChI is InChI=1S/C17H27N5O2/c1-20-7-2-3-14(11-20)17(24)21-8-4-13(5-9-21)16-19-6-10-22(16)12-15(18)23/h6,10,13-14H,2-5,7-9,11-12H2,1H3,(H2,18,23). The van der Waals surface area contributed by atoms with Gasteiger partial charge in [0.2, 0.25) is 11.8 Å². The molecular weight excluding hydrogens is 306 g/mol. The number of carbonyl (C=O) groups excluding carboxylic acids is 2. The van der Waals surface area contributed by atoms with E-state index in [-0.39, 0.29) is 24.3 Å². The summed E-state index contributed by atoms with van der Waals surface area (Å²) in [6, 6.07) is 0. The van der Waals surface area contributed by atoms with Gasteiger partial charge in [-0.15, -0.1) is 0 Å². The number of amides is 2. The molecule has 1 unspecified atom stereocenters. The van der Waals surface area contributed by atoms with Crippen molar-refractivity contribution < 1.29 is 9.59 Å². The van der Waals surface area contributed by atoms with Crippen molar-refractivity contribution in [3.05, 3.63) is 18.2 Å². The summed E-state index contributed by atoms with van der Waals surface area (Å²) in [5.41, 5.74) is 5.29. The Hall–Kier alpha value is -1.89. The third-order valence-electron chi connectivity index (χ3n) is 5.22. The molecule has 0 spiro atoms. The summed E-state index contributed by atoms with van der Waals surface area (Å²) in [4.78, 5) is 32.6. The van der Waals surface area contributed by atoms with E-state index in [1.54, 1.807) is 12.4 Å². The Bertz CT molecular complexity index is 592. The van der Waals surface area contributed by atoms with Gasteiger partial charge in [0.25, 0.3) is 0 Å². The molecule has 132 valence electrons. The first-order valence-electron chi connectivity index (χ1n) is 8.81. The molecule has 3 heterocycles. The van der Waals surface area contributed by atoms with Gasteiger partial charge in [0.15, 0.2) is 0 Å².